The van der Waals surface area contributed by atoms with Crippen molar-refractivity contribution in [3.63, 3.8) is 0 Å². The lowest BCUT2D eigenvalue weighted by molar-refractivity contribution is 0.418. The molecule has 3 rings (SSSR count). The van der Waals surface area contributed by atoms with Crippen LogP contribution >= 0.6 is 0 Å². The first-order valence-corrected chi connectivity index (χ1v) is 7.88. The van der Waals surface area contributed by atoms with E-state index in [1.54, 1.807) is 6.20 Å². The number of hydrogen-bond acceptors (Lipinski definition) is 6. The highest BCUT2D eigenvalue weighted by molar-refractivity contribution is 5.78. The minimum Gasteiger partial charge on any atom is -0.334 e. The van der Waals surface area contributed by atoms with E-state index >= 15 is 0 Å². The number of pyridine rings is 1. The molecule has 0 amide bonds. The predicted molar refractivity (Wildman–Crippen MR) is 87.9 cm³/mol. The summed E-state index contributed by atoms with van der Waals surface area (Å²) < 4.78 is 7.29. The second-order valence-corrected chi connectivity index (χ2v) is 6.27. The predicted octanol–water partition coefficient (Wildman–Crippen LogP) is 2.29. The molecule has 3 aromatic heterocycles. The Balaban J connectivity index is 1.86. The molecule has 0 radical (unpaired) electrons. The van der Waals surface area contributed by atoms with Gasteiger partial charge in [-0.15, -0.1) is 0 Å². The first-order chi connectivity index (χ1) is 11.1. The summed E-state index contributed by atoms with van der Waals surface area (Å²) in [7, 11) is 1.92. The van der Waals surface area contributed by atoms with Crippen LogP contribution in [0.2, 0.25) is 0 Å². The third-order valence-electron chi connectivity index (χ3n) is 3.71. The van der Waals surface area contributed by atoms with Gasteiger partial charge in [0.25, 0.3) is 5.89 Å². The van der Waals surface area contributed by atoms with Gasteiger partial charge in [-0.1, -0.05) is 19.0 Å². The summed E-state index contributed by atoms with van der Waals surface area (Å²) in [6.45, 7) is 7.25. The highest BCUT2D eigenvalue weighted by Gasteiger charge is 2.13. The van der Waals surface area contributed by atoms with Crippen molar-refractivity contribution in [2.45, 2.75) is 39.8 Å². The molecule has 1 N–H and O–H groups in total. The average molecular weight is 314 g/mol. The molecule has 7 nitrogen and oxygen atoms in total. The monoisotopic (exact) mass is 314 g/mol. The highest BCUT2D eigenvalue weighted by Crippen LogP contribution is 2.21. The van der Waals surface area contributed by atoms with Gasteiger partial charge < -0.3 is 9.84 Å². The van der Waals surface area contributed by atoms with E-state index in [4.69, 9.17) is 4.52 Å². The van der Waals surface area contributed by atoms with Crippen LogP contribution in [0.15, 0.2) is 23.0 Å². The van der Waals surface area contributed by atoms with Gasteiger partial charge in [0.1, 0.15) is 0 Å². The van der Waals surface area contributed by atoms with Gasteiger partial charge in [0.2, 0.25) is 0 Å². The molecule has 1 unspecified atom stereocenters. The third kappa shape index (κ3) is 3.39. The van der Waals surface area contributed by atoms with E-state index in [2.05, 4.69) is 46.3 Å². The summed E-state index contributed by atoms with van der Waals surface area (Å²) in [5.41, 5.74) is 1.70. The second-order valence-electron chi connectivity index (χ2n) is 6.27. The van der Waals surface area contributed by atoms with Crippen LogP contribution < -0.4 is 5.32 Å². The molecule has 0 aliphatic carbocycles. The zero-order valence-corrected chi connectivity index (χ0v) is 13.9. The number of likely N-dealkylation sites (N-methyl/N-ethyl adjacent to an activating group) is 1. The van der Waals surface area contributed by atoms with E-state index in [-0.39, 0.29) is 0 Å². The van der Waals surface area contributed by atoms with Crippen molar-refractivity contribution in [3.05, 3.63) is 24.3 Å². The molecular formula is C16H22N6O. The molecule has 0 saturated heterocycles. The summed E-state index contributed by atoms with van der Waals surface area (Å²) in [6.07, 6.45) is 4.32. The van der Waals surface area contributed by atoms with Crippen LogP contribution in [-0.4, -0.2) is 38.0 Å². The molecule has 3 heterocycles. The number of rotatable bonds is 6. The van der Waals surface area contributed by atoms with E-state index in [1.807, 2.05) is 24.0 Å². The Labute approximate surface area is 135 Å². The van der Waals surface area contributed by atoms with Gasteiger partial charge in [-0.3, -0.25) is 0 Å². The first kappa shape index (κ1) is 15.6. The largest absolute Gasteiger partial charge is 0.334 e. The second kappa shape index (κ2) is 6.45. The number of fused-ring (bicyclic) bond motifs is 1. The molecular weight excluding hydrogens is 292 g/mol. The van der Waals surface area contributed by atoms with Crippen LogP contribution in [0, 0.1) is 5.92 Å². The fourth-order valence-electron chi connectivity index (χ4n) is 2.40. The summed E-state index contributed by atoms with van der Waals surface area (Å²) in [5, 5.41) is 12.6. The molecule has 3 aromatic rings. The molecule has 1 atom stereocenters. The van der Waals surface area contributed by atoms with Crippen molar-refractivity contribution in [3.8, 4) is 11.5 Å². The summed E-state index contributed by atoms with van der Waals surface area (Å²) >= 11 is 0. The molecule has 0 aliphatic rings. The molecule has 0 aromatic carbocycles. The molecule has 7 heteroatoms. The van der Waals surface area contributed by atoms with Gasteiger partial charge in [0.05, 0.1) is 11.8 Å². The molecule has 0 bridgehead atoms. The maximum absolute atomic E-state index is 5.36. The van der Waals surface area contributed by atoms with Crippen LogP contribution in [0.25, 0.3) is 22.5 Å². The Morgan fingerprint density at radius 1 is 1.26 bits per heavy atom. The normalized spacial score (nSPS) is 13.1. The van der Waals surface area contributed by atoms with E-state index in [0.29, 0.717) is 23.7 Å². The minimum atomic E-state index is 0.301. The van der Waals surface area contributed by atoms with Crippen molar-refractivity contribution >= 4 is 11.0 Å². The zero-order valence-electron chi connectivity index (χ0n) is 13.9. The van der Waals surface area contributed by atoms with Gasteiger partial charge in [-0.05, 0) is 26.0 Å². The van der Waals surface area contributed by atoms with Gasteiger partial charge in [-0.25, -0.2) is 9.67 Å². The minimum absolute atomic E-state index is 0.301. The SMILES string of the molecule is CNC(C)Cc1noc(-c2cnc3c(cnn3CC(C)C)c2)n1. The van der Waals surface area contributed by atoms with E-state index in [0.717, 1.165) is 29.6 Å². The third-order valence-corrected chi connectivity index (χ3v) is 3.71. The fourth-order valence-corrected chi connectivity index (χ4v) is 2.40. The lowest BCUT2D eigenvalue weighted by atomic mass is 10.2. The van der Waals surface area contributed by atoms with E-state index in [9.17, 15) is 0 Å². The Bertz CT molecular complexity index is 791. The average Bonchev–Trinajstić information content (AvgIpc) is 3.14. The van der Waals surface area contributed by atoms with Gasteiger partial charge >= 0.3 is 0 Å². The number of hydrogen-bond donors (Lipinski definition) is 1. The summed E-state index contributed by atoms with van der Waals surface area (Å²) in [5.74, 6) is 1.71. The van der Waals surface area contributed by atoms with Crippen LogP contribution in [0.5, 0.6) is 0 Å². The van der Waals surface area contributed by atoms with Crippen LogP contribution in [-0.2, 0) is 13.0 Å². The number of aromatic nitrogens is 5. The maximum Gasteiger partial charge on any atom is 0.259 e. The van der Waals surface area contributed by atoms with Gasteiger partial charge in [0, 0.05) is 30.6 Å². The quantitative estimate of drug-likeness (QED) is 0.752. The van der Waals surface area contributed by atoms with E-state index in [1.165, 1.54) is 0 Å². The molecule has 0 aliphatic heterocycles. The van der Waals surface area contributed by atoms with Gasteiger partial charge in [0.15, 0.2) is 11.5 Å². The Morgan fingerprint density at radius 2 is 2.09 bits per heavy atom. The van der Waals surface area contributed by atoms with Gasteiger partial charge in [-0.2, -0.15) is 10.1 Å². The standard InChI is InChI=1S/C16H22N6O/c1-10(2)9-22-15-12(8-19-22)6-13(7-18-15)16-20-14(21-23-16)5-11(3)17-4/h6-8,10-11,17H,5,9H2,1-4H3. The van der Waals surface area contributed by atoms with Crippen molar-refractivity contribution < 1.29 is 4.52 Å². The first-order valence-electron chi connectivity index (χ1n) is 7.88. The number of nitrogens with zero attached hydrogens (tertiary/aromatic N) is 5. The molecule has 0 saturated carbocycles. The summed E-state index contributed by atoms with van der Waals surface area (Å²) in [6, 6.07) is 2.29. The Hall–Kier alpha value is -2.28. The van der Waals surface area contributed by atoms with Crippen molar-refractivity contribution in [2.24, 2.45) is 5.92 Å². The molecule has 23 heavy (non-hydrogen) atoms. The molecule has 0 spiro atoms. The highest BCUT2D eigenvalue weighted by atomic mass is 16.5. The Kier molecular flexibility index (Phi) is 4.38. The zero-order chi connectivity index (χ0) is 16.4. The maximum atomic E-state index is 5.36. The Morgan fingerprint density at radius 3 is 2.83 bits per heavy atom. The van der Waals surface area contributed by atoms with E-state index < -0.39 is 0 Å². The van der Waals surface area contributed by atoms with Crippen LogP contribution in [0.4, 0.5) is 0 Å². The van der Waals surface area contributed by atoms with Crippen molar-refractivity contribution in [1.82, 2.24) is 30.2 Å². The summed E-state index contributed by atoms with van der Waals surface area (Å²) in [4.78, 5) is 8.96. The molecule has 122 valence electrons. The molecule has 0 fully saturated rings. The van der Waals surface area contributed by atoms with Crippen LogP contribution in [0.1, 0.15) is 26.6 Å². The lowest BCUT2D eigenvalue weighted by Crippen LogP contribution is -2.24. The van der Waals surface area contributed by atoms with Crippen molar-refractivity contribution in [1.29, 1.82) is 0 Å². The fraction of sp³-hybridized carbons (Fsp3) is 0.500. The number of nitrogens with one attached hydrogen (secondary N) is 1. The van der Waals surface area contributed by atoms with Crippen molar-refractivity contribution in [2.75, 3.05) is 7.05 Å². The smallest absolute Gasteiger partial charge is 0.259 e. The topological polar surface area (TPSA) is 81.7 Å². The van der Waals surface area contributed by atoms with Crippen LogP contribution in [0.3, 0.4) is 0 Å². The lowest BCUT2D eigenvalue weighted by Gasteiger charge is -2.05.